The molecule has 1 atom stereocenters. The monoisotopic (exact) mass is 387 g/mol. The summed E-state index contributed by atoms with van der Waals surface area (Å²) in [6.07, 6.45) is 2.55. The van der Waals surface area contributed by atoms with Gasteiger partial charge in [-0.2, -0.15) is 0 Å². The van der Waals surface area contributed by atoms with E-state index in [1.54, 1.807) is 0 Å². The number of rotatable bonds is 7. The molecule has 0 N–H and O–H groups in total. The number of hydrogen-bond donors (Lipinski definition) is 0. The van der Waals surface area contributed by atoms with Crippen LogP contribution in [0.2, 0.25) is 0 Å². The summed E-state index contributed by atoms with van der Waals surface area (Å²) in [5, 5.41) is 0. The van der Waals surface area contributed by atoms with Crippen molar-refractivity contribution in [3.8, 4) is 0 Å². The number of alkyl halides is 5. The van der Waals surface area contributed by atoms with Gasteiger partial charge in [0.05, 0.1) is 8.07 Å². The average Bonchev–Trinajstić information content (AvgIpc) is 2.19. The van der Waals surface area contributed by atoms with Crippen LogP contribution >= 0.6 is 66.1 Å². The van der Waals surface area contributed by atoms with Crippen LogP contribution in [0.25, 0.3) is 0 Å². The van der Waals surface area contributed by atoms with Gasteiger partial charge in [0.15, 0.2) is 4.07 Å². The minimum atomic E-state index is -1.47. The molecule has 0 aliphatic heterocycles. The molecule has 0 bridgehead atoms. The summed E-state index contributed by atoms with van der Waals surface area (Å²) >= 11 is 31.7. The number of hydrogen-bond acceptors (Lipinski definition) is 1. The van der Waals surface area contributed by atoms with Crippen molar-refractivity contribution in [2.75, 3.05) is 0 Å². The molecule has 0 fully saturated rings. The lowest BCUT2D eigenvalue weighted by molar-refractivity contribution is 0.319. The van der Waals surface area contributed by atoms with Crippen molar-refractivity contribution in [3.05, 3.63) is 0 Å². The van der Waals surface area contributed by atoms with Gasteiger partial charge in [-0.1, -0.05) is 77.8 Å². The normalized spacial score (nSPS) is 15.6. The van der Waals surface area contributed by atoms with Gasteiger partial charge in [0.2, 0.25) is 3.53 Å². The van der Waals surface area contributed by atoms with Crippen molar-refractivity contribution < 1.29 is 0 Å². The molecule has 0 aromatic heterocycles. The first-order chi connectivity index (χ1) is 8.45. The molecule has 0 aliphatic rings. The third-order valence-electron chi connectivity index (χ3n) is 2.67. The minimum absolute atomic E-state index is 0.209. The average molecular weight is 390 g/mol. The Kier molecular flexibility index (Phi) is 9.29. The molecule has 0 unspecified atom stereocenters. The molecule has 0 spiro atoms. The highest BCUT2D eigenvalue weighted by atomic mass is 35.6. The third kappa shape index (κ3) is 6.64. The van der Waals surface area contributed by atoms with Gasteiger partial charge in [-0.25, -0.2) is 0 Å². The van der Waals surface area contributed by atoms with E-state index < -0.39 is 15.7 Å². The Morgan fingerprint density at radius 3 is 1.63 bits per heavy atom. The molecule has 0 aromatic carbocycles. The molecule has 116 valence electrons. The Morgan fingerprint density at radius 2 is 1.37 bits per heavy atom. The predicted octanol–water partition coefficient (Wildman–Crippen LogP) is 7.15. The standard InChI is InChI=1S/C12H23Cl5NP/c1-6-7-8-11(13,14)19(12(15,16)17)18(9(2)3)10(4)5/h9-10H,6-8H2,1-5H3/t19-/m0/s1. The van der Waals surface area contributed by atoms with Crippen LogP contribution in [0.3, 0.4) is 0 Å². The lowest BCUT2D eigenvalue weighted by Gasteiger charge is -2.46. The largest absolute Gasteiger partial charge is 0.271 e. The Balaban J connectivity index is 5.42. The fourth-order valence-corrected chi connectivity index (χ4v) is 8.72. The fraction of sp³-hybridized carbons (Fsp3) is 1.00. The van der Waals surface area contributed by atoms with Gasteiger partial charge >= 0.3 is 0 Å². The summed E-state index contributed by atoms with van der Waals surface area (Å²) in [5.74, 6) is 0. The Morgan fingerprint density at radius 1 is 0.947 bits per heavy atom. The topological polar surface area (TPSA) is 3.24 Å². The lowest BCUT2D eigenvalue weighted by atomic mass is 10.3. The number of unbranched alkanes of at least 4 members (excludes halogenated alkanes) is 1. The van der Waals surface area contributed by atoms with E-state index in [4.69, 9.17) is 58.0 Å². The molecule has 1 nitrogen and oxygen atoms in total. The Hall–Kier alpha value is 1.84. The van der Waals surface area contributed by atoms with E-state index in [0.717, 1.165) is 12.8 Å². The van der Waals surface area contributed by atoms with Crippen LogP contribution in [-0.2, 0) is 0 Å². The summed E-state index contributed by atoms with van der Waals surface area (Å²) in [4.78, 5) is 0. The van der Waals surface area contributed by atoms with Crippen LogP contribution in [0, 0.1) is 0 Å². The Labute approximate surface area is 144 Å². The van der Waals surface area contributed by atoms with Crippen LogP contribution in [-0.4, -0.2) is 24.4 Å². The van der Waals surface area contributed by atoms with Crippen LogP contribution in [0.15, 0.2) is 0 Å². The lowest BCUT2D eigenvalue weighted by Crippen LogP contribution is -2.40. The van der Waals surface area contributed by atoms with E-state index in [-0.39, 0.29) is 12.1 Å². The van der Waals surface area contributed by atoms with Gasteiger partial charge in [0.1, 0.15) is 0 Å². The molecule has 0 aliphatic carbocycles. The second-order valence-corrected chi connectivity index (χ2v) is 12.7. The molecule has 19 heavy (non-hydrogen) atoms. The third-order valence-corrected chi connectivity index (χ3v) is 8.16. The molecule has 0 aromatic rings. The second-order valence-electron chi connectivity index (χ2n) is 5.12. The van der Waals surface area contributed by atoms with Crippen LogP contribution in [0.4, 0.5) is 0 Å². The number of halogens is 5. The van der Waals surface area contributed by atoms with E-state index in [0.29, 0.717) is 6.42 Å². The zero-order valence-corrected chi connectivity index (χ0v) is 16.7. The van der Waals surface area contributed by atoms with E-state index >= 15 is 0 Å². The molecule has 0 radical (unpaired) electrons. The van der Waals surface area contributed by atoms with Gasteiger partial charge in [-0.05, 0) is 34.1 Å². The molecule has 0 saturated heterocycles. The van der Waals surface area contributed by atoms with Gasteiger partial charge in [-0.3, -0.25) is 4.67 Å². The fourth-order valence-electron chi connectivity index (χ4n) is 2.04. The molecule has 0 heterocycles. The first-order valence-corrected chi connectivity index (χ1v) is 9.66. The quantitative estimate of drug-likeness (QED) is 0.330. The SMILES string of the molecule is CCCCC(Cl)(Cl)[P@](N(C(C)C)C(C)C)C(Cl)(Cl)Cl. The summed E-state index contributed by atoms with van der Waals surface area (Å²) in [6, 6.07) is 0.417. The van der Waals surface area contributed by atoms with Crippen molar-refractivity contribution in [2.45, 2.75) is 73.6 Å². The highest BCUT2D eigenvalue weighted by Crippen LogP contribution is 2.72. The summed E-state index contributed by atoms with van der Waals surface area (Å²) < 4.78 is -0.357. The Bertz CT molecular complexity index is 257. The molecule has 0 rings (SSSR count). The highest BCUT2D eigenvalue weighted by Gasteiger charge is 2.51. The van der Waals surface area contributed by atoms with Gasteiger partial charge < -0.3 is 0 Å². The van der Waals surface area contributed by atoms with Crippen LogP contribution in [0.1, 0.15) is 53.9 Å². The second kappa shape index (κ2) is 8.47. The maximum atomic E-state index is 6.55. The molecule has 0 saturated carbocycles. The van der Waals surface area contributed by atoms with Gasteiger partial charge in [-0.15, -0.1) is 0 Å². The summed E-state index contributed by atoms with van der Waals surface area (Å²) in [7, 11) is -1.34. The molecular weight excluding hydrogens is 366 g/mol. The van der Waals surface area contributed by atoms with Crippen molar-refractivity contribution in [3.63, 3.8) is 0 Å². The van der Waals surface area contributed by atoms with Crippen molar-refractivity contribution in [1.82, 2.24) is 4.67 Å². The summed E-state index contributed by atoms with van der Waals surface area (Å²) in [6.45, 7) is 10.3. The van der Waals surface area contributed by atoms with Crippen molar-refractivity contribution in [2.24, 2.45) is 0 Å². The first-order valence-electron chi connectivity index (χ1n) is 6.48. The van der Waals surface area contributed by atoms with Crippen LogP contribution < -0.4 is 0 Å². The smallest absolute Gasteiger partial charge is 0.224 e. The molecule has 7 heteroatoms. The van der Waals surface area contributed by atoms with Gasteiger partial charge in [0.25, 0.3) is 0 Å². The zero-order valence-electron chi connectivity index (χ0n) is 12.1. The minimum Gasteiger partial charge on any atom is -0.271 e. The maximum Gasteiger partial charge on any atom is 0.224 e. The maximum absolute atomic E-state index is 6.55. The molecule has 0 amide bonds. The van der Waals surface area contributed by atoms with Crippen LogP contribution in [0.5, 0.6) is 0 Å². The van der Waals surface area contributed by atoms with Crippen molar-refractivity contribution >= 4 is 66.1 Å². The number of nitrogens with zero attached hydrogens (tertiary/aromatic N) is 1. The molecular formula is C12H23Cl5NP. The van der Waals surface area contributed by atoms with E-state index in [1.165, 1.54) is 0 Å². The predicted molar refractivity (Wildman–Crippen MR) is 93.3 cm³/mol. The van der Waals surface area contributed by atoms with Gasteiger partial charge in [0, 0.05) is 12.1 Å². The van der Waals surface area contributed by atoms with E-state index in [2.05, 4.69) is 39.3 Å². The van der Waals surface area contributed by atoms with Crippen molar-refractivity contribution in [1.29, 1.82) is 0 Å². The highest BCUT2D eigenvalue weighted by molar-refractivity contribution is 7.68. The van der Waals surface area contributed by atoms with E-state index in [9.17, 15) is 0 Å². The summed E-state index contributed by atoms with van der Waals surface area (Å²) in [5.41, 5.74) is 0. The van der Waals surface area contributed by atoms with E-state index in [1.807, 2.05) is 0 Å². The zero-order chi connectivity index (χ0) is 15.4. The first kappa shape index (κ1) is 20.8.